The molecule has 3 N–H and O–H groups in total. The number of rotatable bonds is 2. The van der Waals surface area contributed by atoms with Gasteiger partial charge in [0.05, 0.1) is 5.52 Å². The van der Waals surface area contributed by atoms with Crippen molar-refractivity contribution >= 4 is 28.5 Å². The SMILES string of the molecule is NC(=O)C1CCCN1C(=O)Nc1ccc2ncccc2c1. The first-order valence-electron chi connectivity index (χ1n) is 6.87. The summed E-state index contributed by atoms with van der Waals surface area (Å²) in [4.78, 5) is 29.3. The zero-order chi connectivity index (χ0) is 14.8. The van der Waals surface area contributed by atoms with Gasteiger partial charge >= 0.3 is 6.03 Å². The van der Waals surface area contributed by atoms with Gasteiger partial charge in [-0.3, -0.25) is 9.78 Å². The molecule has 108 valence electrons. The van der Waals surface area contributed by atoms with Gasteiger partial charge in [0.2, 0.25) is 5.91 Å². The van der Waals surface area contributed by atoms with E-state index in [1.54, 1.807) is 12.3 Å². The Balaban J connectivity index is 1.78. The van der Waals surface area contributed by atoms with Crippen molar-refractivity contribution in [3.8, 4) is 0 Å². The lowest BCUT2D eigenvalue weighted by Gasteiger charge is -2.22. The van der Waals surface area contributed by atoms with E-state index in [0.29, 0.717) is 18.7 Å². The van der Waals surface area contributed by atoms with Crippen LogP contribution >= 0.6 is 0 Å². The van der Waals surface area contributed by atoms with Gasteiger partial charge in [-0.05, 0) is 37.1 Å². The fourth-order valence-electron chi connectivity index (χ4n) is 2.65. The molecule has 1 aromatic heterocycles. The Hall–Kier alpha value is -2.63. The van der Waals surface area contributed by atoms with Crippen LogP contribution in [0.1, 0.15) is 12.8 Å². The fourth-order valence-corrected chi connectivity index (χ4v) is 2.65. The third-order valence-corrected chi connectivity index (χ3v) is 3.70. The number of hydrogen-bond donors (Lipinski definition) is 2. The first-order valence-corrected chi connectivity index (χ1v) is 6.87. The average Bonchev–Trinajstić information content (AvgIpc) is 2.97. The number of nitrogens with one attached hydrogen (secondary N) is 1. The Bertz CT molecular complexity index is 701. The zero-order valence-electron chi connectivity index (χ0n) is 11.5. The summed E-state index contributed by atoms with van der Waals surface area (Å²) in [7, 11) is 0. The Morgan fingerprint density at radius 3 is 3.00 bits per heavy atom. The molecule has 0 spiro atoms. The van der Waals surface area contributed by atoms with E-state index in [0.717, 1.165) is 17.3 Å². The van der Waals surface area contributed by atoms with Crippen LogP contribution in [0.5, 0.6) is 0 Å². The molecule has 1 saturated heterocycles. The third-order valence-electron chi connectivity index (χ3n) is 3.70. The van der Waals surface area contributed by atoms with Crippen molar-refractivity contribution in [2.45, 2.75) is 18.9 Å². The van der Waals surface area contributed by atoms with Crippen LogP contribution in [0.3, 0.4) is 0 Å². The molecule has 1 atom stereocenters. The molecule has 0 saturated carbocycles. The second kappa shape index (κ2) is 5.40. The van der Waals surface area contributed by atoms with Crippen LogP contribution in [0.2, 0.25) is 0 Å². The molecule has 3 rings (SSSR count). The lowest BCUT2D eigenvalue weighted by Crippen LogP contribution is -2.45. The number of primary amides is 1. The van der Waals surface area contributed by atoms with Crippen LogP contribution < -0.4 is 11.1 Å². The van der Waals surface area contributed by atoms with E-state index < -0.39 is 11.9 Å². The maximum absolute atomic E-state index is 12.3. The van der Waals surface area contributed by atoms with E-state index in [2.05, 4.69) is 10.3 Å². The predicted octanol–water partition coefficient (Wildman–Crippen LogP) is 1.72. The summed E-state index contributed by atoms with van der Waals surface area (Å²) < 4.78 is 0. The minimum Gasteiger partial charge on any atom is -0.368 e. The smallest absolute Gasteiger partial charge is 0.322 e. The molecule has 2 heterocycles. The van der Waals surface area contributed by atoms with E-state index in [1.807, 2.05) is 24.3 Å². The van der Waals surface area contributed by atoms with Gasteiger partial charge in [0.15, 0.2) is 0 Å². The number of urea groups is 1. The third kappa shape index (κ3) is 2.65. The number of nitrogens with zero attached hydrogens (tertiary/aromatic N) is 2. The van der Waals surface area contributed by atoms with Gasteiger partial charge in [-0.15, -0.1) is 0 Å². The van der Waals surface area contributed by atoms with Gasteiger partial charge in [-0.25, -0.2) is 4.79 Å². The van der Waals surface area contributed by atoms with Crippen LogP contribution in [-0.2, 0) is 4.79 Å². The molecular weight excluding hydrogens is 268 g/mol. The first kappa shape index (κ1) is 13.4. The van der Waals surface area contributed by atoms with Gasteiger partial charge < -0.3 is 16.0 Å². The minimum atomic E-state index is -0.507. The van der Waals surface area contributed by atoms with Crippen LogP contribution in [0.4, 0.5) is 10.5 Å². The topological polar surface area (TPSA) is 88.3 Å². The molecule has 3 amide bonds. The first-order chi connectivity index (χ1) is 10.1. The lowest BCUT2D eigenvalue weighted by molar-refractivity contribution is -0.121. The standard InChI is InChI=1S/C15H16N4O2/c16-14(20)13-4-2-8-19(13)15(21)18-11-5-6-12-10(9-11)3-1-7-17-12/h1,3,5-7,9,13H,2,4,8H2,(H2,16,20)(H,18,21). The van der Waals surface area contributed by atoms with Crippen LogP contribution in [0.25, 0.3) is 10.9 Å². The van der Waals surface area contributed by atoms with Crippen molar-refractivity contribution < 1.29 is 9.59 Å². The number of amides is 3. The molecule has 1 fully saturated rings. The molecule has 6 heteroatoms. The normalized spacial score (nSPS) is 17.9. The quantitative estimate of drug-likeness (QED) is 0.880. The summed E-state index contributed by atoms with van der Waals surface area (Å²) in [5.74, 6) is -0.453. The highest BCUT2D eigenvalue weighted by molar-refractivity contribution is 5.95. The molecular formula is C15H16N4O2. The summed E-state index contributed by atoms with van der Waals surface area (Å²) in [6.45, 7) is 0.550. The maximum atomic E-state index is 12.3. The maximum Gasteiger partial charge on any atom is 0.322 e. The molecule has 6 nitrogen and oxygen atoms in total. The summed E-state index contributed by atoms with van der Waals surface area (Å²) in [6.07, 6.45) is 3.15. The monoisotopic (exact) mass is 284 g/mol. The van der Waals surface area contributed by atoms with Crippen molar-refractivity contribution in [2.75, 3.05) is 11.9 Å². The molecule has 0 bridgehead atoms. The number of nitrogens with two attached hydrogens (primary N) is 1. The van der Waals surface area contributed by atoms with Crippen LogP contribution in [0.15, 0.2) is 36.5 Å². The molecule has 0 radical (unpaired) electrons. The van der Waals surface area contributed by atoms with E-state index >= 15 is 0 Å². The molecule has 1 unspecified atom stereocenters. The van der Waals surface area contributed by atoms with Gasteiger partial charge in [-0.1, -0.05) is 6.07 Å². The molecule has 1 aliphatic heterocycles. The summed E-state index contributed by atoms with van der Waals surface area (Å²) in [6, 6.07) is 8.47. The van der Waals surface area contributed by atoms with Crippen molar-refractivity contribution in [3.05, 3.63) is 36.5 Å². The Labute approximate surface area is 121 Å². The van der Waals surface area contributed by atoms with E-state index in [4.69, 9.17) is 5.73 Å². The number of likely N-dealkylation sites (tertiary alicyclic amines) is 1. The Morgan fingerprint density at radius 1 is 1.33 bits per heavy atom. The number of hydrogen-bond acceptors (Lipinski definition) is 3. The zero-order valence-corrected chi connectivity index (χ0v) is 11.5. The largest absolute Gasteiger partial charge is 0.368 e. The predicted molar refractivity (Wildman–Crippen MR) is 79.7 cm³/mol. The summed E-state index contributed by atoms with van der Waals surface area (Å²) in [5, 5.41) is 3.76. The second-order valence-electron chi connectivity index (χ2n) is 5.09. The molecule has 21 heavy (non-hydrogen) atoms. The molecule has 1 aliphatic rings. The summed E-state index contributed by atoms with van der Waals surface area (Å²) in [5.41, 5.74) is 6.87. The van der Waals surface area contributed by atoms with Gasteiger partial charge in [-0.2, -0.15) is 0 Å². The van der Waals surface area contributed by atoms with Gasteiger partial charge in [0.25, 0.3) is 0 Å². The number of anilines is 1. The molecule has 2 aromatic rings. The highest BCUT2D eigenvalue weighted by Crippen LogP contribution is 2.21. The van der Waals surface area contributed by atoms with E-state index in [-0.39, 0.29) is 6.03 Å². The number of pyridine rings is 1. The number of benzene rings is 1. The number of aromatic nitrogens is 1. The highest BCUT2D eigenvalue weighted by Gasteiger charge is 2.32. The van der Waals surface area contributed by atoms with E-state index in [1.165, 1.54) is 4.90 Å². The fraction of sp³-hybridized carbons (Fsp3) is 0.267. The van der Waals surface area contributed by atoms with Crippen LogP contribution in [-0.4, -0.2) is 34.4 Å². The Morgan fingerprint density at radius 2 is 2.19 bits per heavy atom. The Kier molecular flexibility index (Phi) is 3.43. The number of carbonyl (C=O) groups is 2. The molecule has 1 aromatic carbocycles. The van der Waals surface area contributed by atoms with E-state index in [9.17, 15) is 9.59 Å². The second-order valence-corrected chi connectivity index (χ2v) is 5.09. The lowest BCUT2D eigenvalue weighted by atomic mass is 10.2. The molecule has 0 aliphatic carbocycles. The summed E-state index contributed by atoms with van der Waals surface area (Å²) >= 11 is 0. The van der Waals surface area contributed by atoms with Crippen LogP contribution in [0, 0.1) is 0 Å². The van der Waals surface area contributed by atoms with Crippen molar-refractivity contribution in [3.63, 3.8) is 0 Å². The average molecular weight is 284 g/mol. The number of fused-ring (bicyclic) bond motifs is 1. The van der Waals surface area contributed by atoms with Crippen molar-refractivity contribution in [2.24, 2.45) is 5.73 Å². The van der Waals surface area contributed by atoms with Gasteiger partial charge in [0, 0.05) is 23.8 Å². The minimum absolute atomic E-state index is 0.292. The van der Waals surface area contributed by atoms with Crippen molar-refractivity contribution in [1.82, 2.24) is 9.88 Å². The number of carbonyl (C=O) groups excluding carboxylic acids is 2. The van der Waals surface area contributed by atoms with Crippen molar-refractivity contribution in [1.29, 1.82) is 0 Å². The van der Waals surface area contributed by atoms with Gasteiger partial charge in [0.1, 0.15) is 6.04 Å². The highest BCUT2D eigenvalue weighted by atomic mass is 16.2.